The van der Waals surface area contributed by atoms with Crippen molar-refractivity contribution in [2.75, 3.05) is 32.2 Å². The lowest BCUT2D eigenvalue weighted by molar-refractivity contribution is -0.144. The molecule has 0 saturated carbocycles. The van der Waals surface area contributed by atoms with E-state index in [1.807, 2.05) is 57.5 Å². The third kappa shape index (κ3) is 11.2. The van der Waals surface area contributed by atoms with Gasteiger partial charge in [0.1, 0.15) is 12.6 Å². The molecular weight excluding hydrogens is 552 g/mol. The lowest BCUT2D eigenvalue weighted by Gasteiger charge is -2.35. The predicted molar refractivity (Wildman–Crippen MR) is 159 cm³/mol. The molecule has 1 heterocycles. The Hall–Kier alpha value is -2.53. The average molecular weight is 595 g/mol. The van der Waals surface area contributed by atoms with Crippen LogP contribution in [0.4, 0.5) is 0 Å². The normalized spacial score (nSPS) is 13.0. The van der Waals surface area contributed by atoms with Crippen molar-refractivity contribution < 1.29 is 24.2 Å². The van der Waals surface area contributed by atoms with Crippen LogP contribution >= 0.6 is 22.9 Å². The molecule has 40 heavy (non-hydrogen) atoms. The Kier molecular flexibility index (Phi) is 14.0. The number of ether oxygens (including phenoxy) is 1. The van der Waals surface area contributed by atoms with E-state index < -0.39 is 29.4 Å². The molecule has 0 aliphatic carbocycles. The number of amides is 3. The molecule has 0 spiro atoms. The number of nitrogens with zero attached hydrogens (tertiary/aromatic N) is 2. The molecule has 11 heteroatoms. The number of aliphatic hydroxyl groups excluding tert-OH is 1. The highest BCUT2D eigenvalue weighted by molar-refractivity contribution is 7.13. The number of unbranched alkanes of at least 4 members (excludes halogenated alkanes) is 1. The number of alkyl halides is 1. The summed E-state index contributed by atoms with van der Waals surface area (Å²) in [4.78, 5) is 45.8. The highest BCUT2D eigenvalue weighted by atomic mass is 35.5. The van der Waals surface area contributed by atoms with E-state index in [2.05, 4.69) is 15.6 Å². The van der Waals surface area contributed by atoms with Crippen molar-refractivity contribution in [3.63, 3.8) is 0 Å². The van der Waals surface area contributed by atoms with Gasteiger partial charge in [-0.05, 0) is 42.7 Å². The van der Waals surface area contributed by atoms with Gasteiger partial charge in [-0.3, -0.25) is 14.4 Å². The average Bonchev–Trinajstić information content (AvgIpc) is 3.35. The second-order valence-electron chi connectivity index (χ2n) is 10.8. The molecule has 222 valence electrons. The summed E-state index contributed by atoms with van der Waals surface area (Å²) < 4.78 is 5.40. The fourth-order valence-corrected chi connectivity index (χ4v) is 4.90. The first-order valence-corrected chi connectivity index (χ1v) is 15.0. The van der Waals surface area contributed by atoms with Gasteiger partial charge < -0.3 is 25.4 Å². The number of hydrogen-bond donors (Lipinski definition) is 3. The van der Waals surface area contributed by atoms with Crippen molar-refractivity contribution in [2.24, 2.45) is 5.41 Å². The monoisotopic (exact) mass is 594 g/mol. The van der Waals surface area contributed by atoms with E-state index in [0.717, 1.165) is 34.5 Å². The van der Waals surface area contributed by atoms with E-state index in [9.17, 15) is 19.5 Å². The number of aryl methyl sites for hydroxylation is 1. The van der Waals surface area contributed by atoms with E-state index in [1.54, 1.807) is 18.3 Å². The smallest absolute Gasteiger partial charge is 0.246 e. The standard InChI is InChI=1S/C29H43ClN4O5S/c1-6-23(35)16-34(28(38)27(29(3,4)5)33-25(37)18-39-14-8-7-13-30)17-24(36)31-15-21-9-11-22(12-10-21)26-20(2)32-19-40-26/h9-12,19,23,27,35H,6-8,13-18H2,1-5H3,(H,31,36)(H,33,37)/t23-,27+/m1/s1. The quantitative estimate of drug-likeness (QED) is 0.200. The number of nitrogens with one attached hydrogen (secondary N) is 2. The number of halogens is 1. The largest absolute Gasteiger partial charge is 0.391 e. The number of carbonyl (C=O) groups excluding carboxylic acids is 3. The first-order valence-electron chi connectivity index (χ1n) is 13.6. The Bertz CT molecular complexity index is 1090. The van der Waals surface area contributed by atoms with Crippen LogP contribution in [0.2, 0.25) is 0 Å². The highest BCUT2D eigenvalue weighted by Crippen LogP contribution is 2.27. The lowest BCUT2D eigenvalue weighted by atomic mass is 9.85. The zero-order valence-corrected chi connectivity index (χ0v) is 25.7. The summed E-state index contributed by atoms with van der Waals surface area (Å²) in [6.07, 6.45) is 1.15. The van der Waals surface area contributed by atoms with Gasteiger partial charge in [0.15, 0.2) is 0 Å². The van der Waals surface area contributed by atoms with Gasteiger partial charge in [0.05, 0.1) is 28.7 Å². The molecule has 1 aromatic carbocycles. The number of carbonyl (C=O) groups is 3. The van der Waals surface area contributed by atoms with Crippen LogP contribution in [0.25, 0.3) is 10.4 Å². The van der Waals surface area contributed by atoms with E-state index in [0.29, 0.717) is 25.5 Å². The summed E-state index contributed by atoms with van der Waals surface area (Å²) in [6, 6.07) is 6.97. The Balaban J connectivity index is 2.03. The van der Waals surface area contributed by atoms with Gasteiger partial charge in [0.25, 0.3) is 0 Å². The number of aliphatic hydroxyl groups is 1. The maximum absolute atomic E-state index is 13.6. The first-order chi connectivity index (χ1) is 19.0. The molecule has 2 rings (SSSR count). The van der Waals surface area contributed by atoms with Crippen LogP contribution in [-0.2, 0) is 25.7 Å². The second-order valence-corrected chi connectivity index (χ2v) is 12.1. The number of thiazole rings is 1. The van der Waals surface area contributed by atoms with Gasteiger partial charge in [-0.1, -0.05) is 52.0 Å². The van der Waals surface area contributed by atoms with Crippen LogP contribution in [0.3, 0.4) is 0 Å². The van der Waals surface area contributed by atoms with Crippen LogP contribution in [0.1, 0.15) is 58.2 Å². The molecule has 0 bridgehead atoms. The van der Waals surface area contributed by atoms with Gasteiger partial charge in [-0.2, -0.15) is 0 Å². The summed E-state index contributed by atoms with van der Waals surface area (Å²) in [5.41, 5.74) is 4.13. The van der Waals surface area contributed by atoms with Crippen molar-refractivity contribution in [1.82, 2.24) is 20.5 Å². The second kappa shape index (κ2) is 16.7. The molecule has 0 aliphatic rings. The van der Waals surface area contributed by atoms with Crippen LogP contribution in [0.15, 0.2) is 29.8 Å². The Morgan fingerprint density at radius 1 is 1.15 bits per heavy atom. The minimum absolute atomic E-state index is 0.0248. The number of rotatable bonds is 16. The van der Waals surface area contributed by atoms with E-state index >= 15 is 0 Å². The Morgan fingerprint density at radius 2 is 1.85 bits per heavy atom. The van der Waals surface area contributed by atoms with Crippen LogP contribution in [0.5, 0.6) is 0 Å². The van der Waals surface area contributed by atoms with Crippen molar-refractivity contribution in [2.45, 2.75) is 72.6 Å². The number of aromatic nitrogens is 1. The molecule has 0 radical (unpaired) electrons. The number of benzene rings is 1. The molecule has 0 fully saturated rings. The molecule has 0 aliphatic heterocycles. The van der Waals surface area contributed by atoms with Crippen LogP contribution in [-0.4, -0.2) is 77.0 Å². The van der Waals surface area contributed by atoms with E-state index in [1.165, 1.54) is 4.90 Å². The summed E-state index contributed by atoms with van der Waals surface area (Å²) in [5, 5.41) is 16.0. The predicted octanol–water partition coefficient (Wildman–Crippen LogP) is 3.90. The highest BCUT2D eigenvalue weighted by Gasteiger charge is 2.36. The molecule has 2 atom stereocenters. The summed E-state index contributed by atoms with van der Waals surface area (Å²) in [5.74, 6) is -0.685. The first kappa shape index (κ1) is 33.7. The van der Waals surface area contributed by atoms with Crippen LogP contribution in [0, 0.1) is 12.3 Å². The van der Waals surface area contributed by atoms with E-state index in [-0.39, 0.29) is 25.6 Å². The Labute approximate surface area is 246 Å². The van der Waals surface area contributed by atoms with E-state index in [4.69, 9.17) is 16.3 Å². The van der Waals surface area contributed by atoms with Crippen LogP contribution < -0.4 is 10.6 Å². The van der Waals surface area contributed by atoms with Crippen molar-refractivity contribution in [1.29, 1.82) is 0 Å². The van der Waals surface area contributed by atoms with Gasteiger partial charge in [-0.15, -0.1) is 22.9 Å². The lowest BCUT2D eigenvalue weighted by Crippen LogP contribution is -2.57. The third-order valence-corrected chi connectivity index (χ3v) is 7.57. The molecule has 2 aromatic rings. The molecule has 9 nitrogen and oxygen atoms in total. The Morgan fingerprint density at radius 3 is 2.42 bits per heavy atom. The topological polar surface area (TPSA) is 121 Å². The van der Waals surface area contributed by atoms with Crippen molar-refractivity contribution >= 4 is 40.7 Å². The SMILES string of the molecule is CC[C@@H](O)CN(CC(=O)NCc1ccc(-c2scnc2C)cc1)C(=O)[C@H](NC(=O)COCCCCCl)C(C)(C)C. The van der Waals surface area contributed by atoms with Crippen molar-refractivity contribution in [3.8, 4) is 10.4 Å². The van der Waals surface area contributed by atoms with Gasteiger partial charge in [0, 0.05) is 25.6 Å². The third-order valence-electron chi connectivity index (χ3n) is 6.32. The van der Waals surface area contributed by atoms with Gasteiger partial charge in [0.2, 0.25) is 17.7 Å². The molecule has 3 N–H and O–H groups in total. The zero-order valence-electron chi connectivity index (χ0n) is 24.2. The molecular formula is C29H43ClN4O5S. The maximum atomic E-state index is 13.6. The summed E-state index contributed by atoms with van der Waals surface area (Å²) in [7, 11) is 0. The van der Waals surface area contributed by atoms with Gasteiger partial charge in [-0.25, -0.2) is 4.98 Å². The maximum Gasteiger partial charge on any atom is 0.246 e. The minimum Gasteiger partial charge on any atom is -0.391 e. The molecule has 0 unspecified atom stereocenters. The van der Waals surface area contributed by atoms with Crippen molar-refractivity contribution in [3.05, 3.63) is 41.0 Å². The van der Waals surface area contributed by atoms with Gasteiger partial charge >= 0.3 is 0 Å². The fraction of sp³-hybridized carbons (Fsp3) is 0.586. The molecule has 1 aromatic heterocycles. The fourth-order valence-electron chi connectivity index (χ4n) is 3.90. The zero-order chi connectivity index (χ0) is 29.7. The molecule has 3 amide bonds. The summed E-state index contributed by atoms with van der Waals surface area (Å²) in [6.45, 7) is 9.52. The number of hydrogen-bond acceptors (Lipinski definition) is 7. The molecule has 0 saturated heterocycles. The minimum atomic E-state index is -0.911. The summed E-state index contributed by atoms with van der Waals surface area (Å²) >= 11 is 7.24.